The molecule has 112 valence electrons. The molecule has 0 atom stereocenters. The van der Waals surface area contributed by atoms with Gasteiger partial charge in [0.25, 0.3) is 0 Å². The van der Waals surface area contributed by atoms with Crippen molar-refractivity contribution in [2.45, 2.75) is 6.42 Å². The Hall–Kier alpha value is -1.47. The summed E-state index contributed by atoms with van der Waals surface area (Å²) in [6.07, 6.45) is 3.93. The Balaban J connectivity index is 0.000000491. The lowest BCUT2D eigenvalue weighted by Crippen LogP contribution is -2.15. The maximum Gasteiger partial charge on any atom is 0.0104 e. The maximum atomic E-state index is 5.64. The van der Waals surface area contributed by atoms with E-state index >= 15 is 0 Å². The zero-order chi connectivity index (χ0) is 15.3. The quantitative estimate of drug-likeness (QED) is 0.636. The highest BCUT2D eigenvalue weighted by atomic mass is 31.1. The third-order valence-corrected chi connectivity index (χ3v) is 5.49. The third kappa shape index (κ3) is 6.68. The minimum Gasteiger partial charge on any atom is -0.330 e. The number of benzene rings is 2. The smallest absolute Gasteiger partial charge is 0.0104 e. The predicted molar refractivity (Wildman–Crippen MR) is 96.9 cm³/mol. The van der Waals surface area contributed by atoms with Crippen LogP contribution in [0.4, 0.5) is 0 Å². The van der Waals surface area contributed by atoms with E-state index < -0.39 is 0 Å². The van der Waals surface area contributed by atoms with E-state index in [4.69, 9.17) is 11.5 Å². The minimum atomic E-state index is -0.237. The van der Waals surface area contributed by atoms with Crippen molar-refractivity contribution in [2.75, 3.05) is 19.3 Å². The molecule has 0 aliphatic carbocycles. The van der Waals surface area contributed by atoms with Crippen LogP contribution in [0.5, 0.6) is 0 Å². The highest BCUT2D eigenvalue weighted by Crippen LogP contribution is 2.33. The fourth-order valence-electron chi connectivity index (χ4n) is 1.87. The summed E-state index contributed by atoms with van der Waals surface area (Å²) in [7, 11) is -0.237. The Bertz CT molecular complexity index is 446. The number of hydrogen-bond acceptors (Lipinski definition) is 2. The van der Waals surface area contributed by atoms with E-state index in [0.717, 1.165) is 13.0 Å². The van der Waals surface area contributed by atoms with Gasteiger partial charge in [0.05, 0.1) is 0 Å². The Morgan fingerprint density at radius 1 is 0.857 bits per heavy atom. The molecule has 3 heteroatoms. The van der Waals surface area contributed by atoms with Gasteiger partial charge in [-0.1, -0.05) is 66.7 Å². The molecule has 0 aliphatic heterocycles. The van der Waals surface area contributed by atoms with Crippen LogP contribution in [0, 0.1) is 0 Å². The first-order chi connectivity index (χ1) is 10.3. The van der Waals surface area contributed by atoms with Crippen LogP contribution >= 0.6 is 7.92 Å². The van der Waals surface area contributed by atoms with Crippen molar-refractivity contribution in [1.29, 1.82) is 0 Å². The van der Waals surface area contributed by atoms with Crippen LogP contribution in [0.1, 0.15) is 6.42 Å². The third-order valence-electron chi connectivity index (χ3n) is 2.89. The molecule has 0 bridgehead atoms. The van der Waals surface area contributed by atoms with Gasteiger partial charge in [0.15, 0.2) is 0 Å². The second-order valence-corrected chi connectivity index (χ2v) is 6.83. The van der Waals surface area contributed by atoms with Gasteiger partial charge in [-0.05, 0) is 37.7 Å². The zero-order valence-electron chi connectivity index (χ0n) is 12.5. The van der Waals surface area contributed by atoms with Crippen molar-refractivity contribution in [3.63, 3.8) is 0 Å². The molecule has 0 aromatic heterocycles. The standard InChI is InChI=1S/C15H18NP.C3H7N/c16-12-7-13-17(14-8-3-1-4-9-14)15-10-5-2-6-11-15;1-2-3-4/h1-6,8-11H,7,12-13,16H2;2H,1,3-4H2. The summed E-state index contributed by atoms with van der Waals surface area (Å²) in [5.74, 6) is 0. The molecule has 2 aromatic rings. The molecule has 0 heterocycles. The first-order valence-corrected chi connectivity index (χ1v) is 8.74. The van der Waals surface area contributed by atoms with Gasteiger partial charge in [0.1, 0.15) is 0 Å². The van der Waals surface area contributed by atoms with Crippen molar-refractivity contribution >= 4 is 18.5 Å². The van der Waals surface area contributed by atoms with E-state index in [2.05, 4.69) is 67.2 Å². The van der Waals surface area contributed by atoms with Crippen molar-refractivity contribution in [1.82, 2.24) is 0 Å². The Labute approximate surface area is 129 Å². The molecule has 0 saturated heterocycles. The van der Waals surface area contributed by atoms with Crippen LogP contribution in [-0.4, -0.2) is 19.3 Å². The van der Waals surface area contributed by atoms with Gasteiger partial charge < -0.3 is 11.5 Å². The van der Waals surface area contributed by atoms with Gasteiger partial charge in [-0.3, -0.25) is 0 Å². The van der Waals surface area contributed by atoms with E-state index in [0.29, 0.717) is 6.54 Å². The normalized spacial score (nSPS) is 9.86. The monoisotopic (exact) mass is 300 g/mol. The van der Waals surface area contributed by atoms with Crippen molar-refractivity contribution in [3.8, 4) is 0 Å². The number of rotatable bonds is 6. The fraction of sp³-hybridized carbons (Fsp3) is 0.222. The predicted octanol–water partition coefficient (Wildman–Crippen LogP) is 2.60. The van der Waals surface area contributed by atoms with Crippen LogP contribution in [0.15, 0.2) is 73.3 Å². The first-order valence-electron chi connectivity index (χ1n) is 7.22. The first kappa shape index (κ1) is 17.6. The number of nitrogens with two attached hydrogens (primary N) is 2. The van der Waals surface area contributed by atoms with Crippen molar-refractivity contribution in [2.24, 2.45) is 11.5 Å². The summed E-state index contributed by atoms with van der Waals surface area (Å²) in [5, 5.41) is 2.89. The molecular weight excluding hydrogens is 275 g/mol. The molecule has 21 heavy (non-hydrogen) atoms. The average molecular weight is 300 g/mol. The van der Waals surface area contributed by atoms with Gasteiger partial charge in [-0.25, -0.2) is 0 Å². The maximum absolute atomic E-state index is 5.64. The second-order valence-electron chi connectivity index (χ2n) is 4.49. The minimum absolute atomic E-state index is 0.237. The van der Waals surface area contributed by atoms with E-state index in [1.165, 1.54) is 16.8 Å². The lowest BCUT2D eigenvalue weighted by Gasteiger charge is -2.18. The number of hydrogen-bond donors (Lipinski definition) is 2. The molecule has 4 N–H and O–H groups in total. The Morgan fingerprint density at radius 2 is 1.29 bits per heavy atom. The highest BCUT2D eigenvalue weighted by Gasteiger charge is 2.11. The van der Waals surface area contributed by atoms with E-state index in [1.54, 1.807) is 6.08 Å². The molecule has 2 aromatic carbocycles. The average Bonchev–Trinajstić information content (AvgIpc) is 2.57. The molecule has 0 saturated carbocycles. The summed E-state index contributed by atoms with van der Waals surface area (Å²) in [6.45, 7) is 4.71. The molecular formula is C18H25N2P. The fourth-order valence-corrected chi connectivity index (χ4v) is 4.25. The highest BCUT2D eigenvalue weighted by molar-refractivity contribution is 7.73. The molecule has 0 aliphatic rings. The molecule has 2 rings (SSSR count). The summed E-state index contributed by atoms with van der Waals surface area (Å²) >= 11 is 0. The second kappa shape index (κ2) is 11.2. The van der Waals surface area contributed by atoms with Crippen molar-refractivity contribution in [3.05, 3.63) is 73.3 Å². The molecule has 0 unspecified atom stereocenters. The van der Waals surface area contributed by atoms with Gasteiger partial charge in [0.2, 0.25) is 0 Å². The van der Waals surface area contributed by atoms with Gasteiger partial charge in [-0.15, -0.1) is 6.58 Å². The van der Waals surface area contributed by atoms with Crippen LogP contribution in [0.2, 0.25) is 0 Å². The van der Waals surface area contributed by atoms with Gasteiger partial charge >= 0.3 is 0 Å². The Morgan fingerprint density at radius 3 is 1.62 bits per heavy atom. The molecule has 0 spiro atoms. The zero-order valence-corrected chi connectivity index (χ0v) is 13.4. The van der Waals surface area contributed by atoms with Crippen LogP contribution in [0.25, 0.3) is 0 Å². The Kier molecular flexibility index (Phi) is 9.39. The molecule has 0 amide bonds. The van der Waals surface area contributed by atoms with Crippen LogP contribution in [-0.2, 0) is 0 Å². The van der Waals surface area contributed by atoms with Crippen LogP contribution < -0.4 is 22.1 Å². The van der Waals surface area contributed by atoms with E-state index in [9.17, 15) is 0 Å². The van der Waals surface area contributed by atoms with Gasteiger partial charge in [-0.2, -0.15) is 0 Å². The summed E-state index contributed by atoms with van der Waals surface area (Å²) < 4.78 is 0. The summed E-state index contributed by atoms with van der Waals surface area (Å²) in [6, 6.07) is 21.6. The SMILES string of the molecule is C=CCN.NCCCP(c1ccccc1)c1ccccc1. The van der Waals surface area contributed by atoms with E-state index in [-0.39, 0.29) is 7.92 Å². The van der Waals surface area contributed by atoms with Crippen molar-refractivity contribution < 1.29 is 0 Å². The molecule has 2 nitrogen and oxygen atoms in total. The lowest BCUT2D eigenvalue weighted by atomic mass is 10.4. The molecule has 0 fully saturated rings. The summed E-state index contributed by atoms with van der Waals surface area (Å²) in [5.41, 5.74) is 10.6. The lowest BCUT2D eigenvalue weighted by molar-refractivity contribution is 0.940. The van der Waals surface area contributed by atoms with E-state index in [1.807, 2.05) is 0 Å². The largest absolute Gasteiger partial charge is 0.330 e. The van der Waals surface area contributed by atoms with Crippen LogP contribution in [0.3, 0.4) is 0 Å². The topological polar surface area (TPSA) is 52.0 Å². The molecule has 0 radical (unpaired) electrons. The summed E-state index contributed by atoms with van der Waals surface area (Å²) in [4.78, 5) is 0. The van der Waals surface area contributed by atoms with Gasteiger partial charge in [0, 0.05) is 6.54 Å².